The predicted molar refractivity (Wildman–Crippen MR) is 94.5 cm³/mol. The third-order valence-electron chi connectivity index (χ3n) is 3.96. The number of urea groups is 1. The van der Waals surface area contributed by atoms with E-state index in [1.54, 1.807) is 30.5 Å². The van der Waals surface area contributed by atoms with Gasteiger partial charge < -0.3 is 15.4 Å². The summed E-state index contributed by atoms with van der Waals surface area (Å²) in [6.45, 7) is 0.620. The zero-order valence-corrected chi connectivity index (χ0v) is 14.2. The van der Waals surface area contributed by atoms with E-state index in [1.165, 1.54) is 0 Å². The van der Waals surface area contributed by atoms with Gasteiger partial charge in [-0.3, -0.25) is 4.21 Å². The van der Waals surface area contributed by atoms with Gasteiger partial charge in [0, 0.05) is 34.2 Å². The third kappa shape index (κ3) is 4.01. The Bertz CT molecular complexity index is 736. The number of hydrogen-bond donors (Lipinski definition) is 2. The summed E-state index contributed by atoms with van der Waals surface area (Å²) in [5.41, 5.74) is 1.68. The van der Waals surface area contributed by atoms with E-state index in [-0.39, 0.29) is 18.2 Å². The summed E-state index contributed by atoms with van der Waals surface area (Å²) in [6.07, 6.45) is 2.25. The molecule has 126 valence electrons. The lowest BCUT2D eigenvalue weighted by molar-refractivity contribution is 0.100. The van der Waals surface area contributed by atoms with Gasteiger partial charge in [0.05, 0.1) is 6.04 Å². The number of ether oxygens (including phenoxy) is 1. The third-order valence-corrected chi connectivity index (χ3v) is 4.88. The molecule has 2 aromatic rings. The van der Waals surface area contributed by atoms with E-state index >= 15 is 0 Å². The summed E-state index contributed by atoms with van der Waals surface area (Å²) in [6, 6.07) is 16.6. The molecule has 24 heavy (non-hydrogen) atoms. The first-order valence-electron chi connectivity index (χ1n) is 7.81. The molecule has 3 atom stereocenters. The van der Waals surface area contributed by atoms with Crippen molar-refractivity contribution in [3.8, 4) is 0 Å². The van der Waals surface area contributed by atoms with Crippen LogP contribution >= 0.6 is 0 Å². The monoisotopic (exact) mass is 344 g/mol. The van der Waals surface area contributed by atoms with E-state index in [0.717, 1.165) is 12.0 Å². The largest absolute Gasteiger partial charge is 0.371 e. The average Bonchev–Trinajstić information content (AvgIpc) is 3.03. The van der Waals surface area contributed by atoms with Gasteiger partial charge in [0.25, 0.3) is 0 Å². The molecule has 0 bridgehead atoms. The van der Waals surface area contributed by atoms with Gasteiger partial charge in [-0.2, -0.15) is 0 Å². The number of nitrogens with one attached hydrogen (secondary N) is 2. The second-order valence-electron chi connectivity index (χ2n) is 5.68. The van der Waals surface area contributed by atoms with Gasteiger partial charge in [-0.1, -0.05) is 36.4 Å². The Morgan fingerprint density at radius 1 is 1.17 bits per heavy atom. The van der Waals surface area contributed by atoms with E-state index in [9.17, 15) is 9.00 Å². The molecule has 0 spiro atoms. The van der Waals surface area contributed by atoms with Gasteiger partial charge in [-0.15, -0.1) is 0 Å². The van der Waals surface area contributed by atoms with Crippen LogP contribution in [-0.2, 0) is 15.5 Å². The molecule has 3 rings (SSSR count). The molecule has 1 fully saturated rings. The molecule has 1 aliphatic rings. The van der Waals surface area contributed by atoms with Crippen LogP contribution in [-0.4, -0.2) is 29.1 Å². The Balaban J connectivity index is 1.64. The number of carbonyl (C=O) groups excluding carboxylic acids is 1. The minimum Gasteiger partial charge on any atom is -0.371 e. The van der Waals surface area contributed by atoms with Crippen LogP contribution in [0, 0.1) is 0 Å². The molecular weight excluding hydrogens is 324 g/mol. The fourth-order valence-corrected chi connectivity index (χ4v) is 3.36. The molecule has 6 heteroatoms. The van der Waals surface area contributed by atoms with Gasteiger partial charge in [0.2, 0.25) is 0 Å². The van der Waals surface area contributed by atoms with Crippen molar-refractivity contribution in [2.45, 2.75) is 23.5 Å². The van der Waals surface area contributed by atoms with Crippen molar-refractivity contribution in [1.29, 1.82) is 0 Å². The lowest BCUT2D eigenvalue weighted by Crippen LogP contribution is -2.39. The number of hydrogen-bond acceptors (Lipinski definition) is 3. The van der Waals surface area contributed by atoms with Crippen molar-refractivity contribution in [2.75, 3.05) is 18.2 Å². The van der Waals surface area contributed by atoms with E-state index in [4.69, 9.17) is 4.74 Å². The van der Waals surface area contributed by atoms with Gasteiger partial charge in [0.1, 0.15) is 6.10 Å². The van der Waals surface area contributed by atoms with Gasteiger partial charge >= 0.3 is 6.03 Å². The Hall–Kier alpha value is -2.18. The van der Waals surface area contributed by atoms with Crippen LogP contribution in [0.25, 0.3) is 0 Å². The van der Waals surface area contributed by atoms with Gasteiger partial charge in [-0.25, -0.2) is 4.79 Å². The predicted octanol–water partition coefficient (Wildman–Crippen LogP) is 3.08. The topological polar surface area (TPSA) is 67.4 Å². The van der Waals surface area contributed by atoms with Crippen molar-refractivity contribution in [3.63, 3.8) is 0 Å². The second-order valence-corrected chi connectivity index (χ2v) is 7.06. The molecule has 0 aromatic heterocycles. The number of rotatable bonds is 4. The van der Waals surface area contributed by atoms with Crippen molar-refractivity contribution in [1.82, 2.24) is 5.32 Å². The molecule has 0 radical (unpaired) electrons. The Labute approximate surface area is 143 Å². The highest BCUT2D eigenvalue weighted by Gasteiger charge is 2.30. The average molecular weight is 344 g/mol. The normalized spacial score (nSPS) is 21.2. The molecule has 1 aliphatic heterocycles. The number of amides is 2. The highest BCUT2D eigenvalue weighted by molar-refractivity contribution is 7.84. The summed E-state index contributed by atoms with van der Waals surface area (Å²) in [4.78, 5) is 13.0. The SMILES string of the molecule is C[S@@](=O)c1cccc(NC(=O)N[C@H]2CCO[C@@H]2c2ccccc2)c1. The van der Waals surface area contributed by atoms with Gasteiger partial charge in [-0.05, 0) is 30.2 Å². The first-order valence-corrected chi connectivity index (χ1v) is 9.37. The maximum absolute atomic E-state index is 12.3. The van der Waals surface area contributed by atoms with Crippen molar-refractivity contribution >= 4 is 22.5 Å². The number of carbonyl (C=O) groups is 1. The molecule has 0 aliphatic carbocycles. The first-order chi connectivity index (χ1) is 11.6. The fraction of sp³-hybridized carbons (Fsp3) is 0.278. The Kier molecular flexibility index (Phi) is 5.27. The van der Waals surface area contributed by atoms with E-state index in [1.807, 2.05) is 30.3 Å². The summed E-state index contributed by atoms with van der Waals surface area (Å²) >= 11 is 0. The zero-order chi connectivity index (χ0) is 16.9. The number of benzene rings is 2. The maximum atomic E-state index is 12.3. The molecule has 0 saturated carbocycles. The quantitative estimate of drug-likeness (QED) is 0.896. The lowest BCUT2D eigenvalue weighted by Gasteiger charge is -2.20. The molecular formula is C18H20N2O3S. The highest BCUT2D eigenvalue weighted by atomic mass is 32.2. The zero-order valence-electron chi connectivity index (χ0n) is 13.4. The van der Waals surface area contributed by atoms with Gasteiger partial charge in [0.15, 0.2) is 0 Å². The lowest BCUT2D eigenvalue weighted by atomic mass is 10.0. The summed E-state index contributed by atoms with van der Waals surface area (Å²) < 4.78 is 17.3. The Morgan fingerprint density at radius 3 is 2.71 bits per heavy atom. The summed E-state index contributed by atoms with van der Waals surface area (Å²) in [5.74, 6) is 0. The molecule has 2 amide bonds. The van der Waals surface area contributed by atoms with Crippen LogP contribution in [0.4, 0.5) is 10.5 Å². The van der Waals surface area contributed by atoms with E-state index < -0.39 is 10.8 Å². The minimum absolute atomic E-state index is 0.0733. The molecule has 1 heterocycles. The van der Waals surface area contributed by atoms with Crippen LogP contribution in [0.15, 0.2) is 59.5 Å². The minimum atomic E-state index is -1.08. The van der Waals surface area contributed by atoms with E-state index in [2.05, 4.69) is 10.6 Å². The molecule has 2 N–H and O–H groups in total. The van der Waals surface area contributed by atoms with Crippen LogP contribution in [0.1, 0.15) is 18.1 Å². The van der Waals surface area contributed by atoms with Crippen LogP contribution in [0.3, 0.4) is 0 Å². The van der Waals surface area contributed by atoms with Crippen molar-refractivity contribution < 1.29 is 13.7 Å². The fourth-order valence-electron chi connectivity index (χ4n) is 2.80. The maximum Gasteiger partial charge on any atom is 0.319 e. The van der Waals surface area contributed by atoms with Crippen molar-refractivity contribution in [2.24, 2.45) is 0 Å². The van der Waals surface area contributed by atoms with E-state index in [0.29, 0.717) is 17.2 Å². The molecule has 2 aromatic carbocycles. The Morgan fingerprint density at radius 2 is 1.96 bits per heavy atom. The molecule has 5 nitrogen and oxygen atoms in total. The molecule has 0 unspecified atom stereocenters. The first kappa shape index (κ1) is 16.7. The summed E-state index contributed by atoms with van der Waals surface area (Å²) in [7, 11) is -1.08. The number of anilines is 1. The van der Waals surface area contributed by atoms with Crippen LogP contribution in [0.2, 0.25) is 0 Å². The summed E-state index contributed by atoms with van der Waals surface area (Å²) in [5, 5.41) is 5.77. The highest BCUT2D eigenvalue weighted by Crippen LogP contribution is 2.29. The smallest absolute Gasteiger partial charge is 0.319 e. The van der Waals surface area contributed by atoms with Crippen LogP contribution < -0.4 is 10.6 Å². The van der Waals surface area contributed by atoms with Crippen LogP contribution in [0.5, 0.6) is 0 Å². The molecule has 1 saturated heterocycles. The second kappa shape index (κ2) is 7.59. The van der Waals surface area contributed by atoms with Crippen molar-refractivity contribution in [3.05, 3.63) is 60.2 Å². The standard InChI is InChI=1S/C18H20N2O3S/c1-24(22)15-9-5-8-14(12-15)19-18(21)20-16-10-11-23-17(16)13-6-3-2-4-7-13/h2-9,12,16-17H,10-11H2,1H3,(H2,19,20,21)/t16-,17+,24+/m0/s1.